The molecule has 0 spiro atoms. The third-order valence-corrected chi connectivity index (χ3v) is 8.40. The van der Waals surface area contributed by atoms with Gasteiger partial charge < -0.3 is 11.1 Å². The summed E-state index contributed by atoms with van der Waals surface area (Å²) in [6, 6.07) is 10.8. The monoisotopic (exact) mass is 444 g/mol. The molecule has 7 nitrogen and oxygen atoms in total. The van der Waals surface area contributed by atoms with Crippen molar-refractivity contribution in [1.82, 2.24) is 4.90 Å². The minimum atomic E-state index is -3.39. The first-order valence-corrected chi connectivity index (χ1v) is 11.6. The molecule has 1 unspecified atom stereocenters. The summed E-state index contributed by atoms with van der Waals surface area (Å²) in [5.41, 5.74) is 5.07. The minimum absolute atomic E-state index is 0.0143. The largest absolute Gasteiger partial charge is 0.377 e. The molecular formula is C22H25FN4O3S. The fourth-order valence-electron chi connectivity index (χ4n) is 4.33. The second-order valence-electron chi connectivity index (χ2n) is 8.74. The smallest absolute Gasteiger partial charge is 0.237 e. The van der Waals surface area contributed by atoms with Crippen LogP contribution in [0.1, 0.15) is 37.9 Å². The van der Waals surface area contributed by atoms with Gasteiger partial charge in [0, 0.05) is 18.3 Å². The van der Waals surface area contributed by atoms with Crippen LogP contribution >= 0.6 is 0 Å². The Balaban J connectivity index is 1.77. The highest BCUT2D eigenvalue weighted by molar-refractivity contribution is 7.91. The molecule has 0 saturated heterocycles. The normalized spacial score (nSPS) is 26.4. The van der Waals surface area contributed by atoms with Gasteiger partial charge in [-0.15, -0.1) is 0 Å². The molecule has 0 aromatic heterocycles. The first-order chi connectivity index (χ1) is 14.4. The lowest BCUT2D eigenvalue weighted by Gasteiger charge is -2.46. The van der Waals surface area contributed by atoms with Crippen molar-refractivity contribution < 1.29 is 17.6 Å². The lowest BCUT2D eigenvalue weighted by Crippen LogP contribution is -2.58. The molecule has 0 radical (unpaired) electrons. The van der Waals surface area contributed by atoms with E-state index in [9.17, 15) is 13.2 Å². The van der Waals surface area contributed by atoms with Crippen LogP contribution in [0.5, 0.6) is 0 Å². The third kappa shape index (κ3) is 3.10. The van der Waals surface area contributed by atoms with Gasteiger partial charge in [0.05, 0.1) is 22.1 Å². The van der Waals surface area contributed by atoms with Gasteiger partial charge in [-0.25, -0.2) is 17.8 Å². The number of hydrogen-bond acceptors (Lipinski definition) is 6. The number of fused-ring (bicyclic) bond motifs is 1. The quantitative estimate of drug-likeness (QED) is 0.758. The zero-order chi connectivity index (χ0) is 22.8. The summed E-state index contributed by atoms with van der Waals surface area (Å²) in [4.78, 5) is 19.0. The van der Waals surface area contributed by atoms with Gasteiger partial charge in [-0.2, -0.15) is 0 Å². The molecule has 4 rings (SSSR count). The number of nitrogens with two attached hydrogens (primary N) is 1. The Labute approximate surface area is 181 Å². The molecule has 31 heavy (non-hydrogen) atoms. The van der Waals surface area contributed by atoms with E-state index in [0.717, 1.165) is 0 Å². The minimum Gasteiger partial charge on any atom is -0.377 e. The van der Waals surface area contributed by atoms with Crippen molar-refractivity contribution in [2.24, 2.45) is 16.1 Å². The van der Waals surface area contributed by atoms with E-state index >= 15 is 4.39 Å². The van der Waals surface area contributed by atoms with Gasteiger partial charge in [0.2, 0.25) is 5.91 Å². The van der Waals surface area contributed by atoms with Crippen molar-refractivity contribution in [1.29, 1.82) is 0 Å². The van der Waals surface area contributed by atoms with Crippen molar-refractivity contribution >= 4 is 27.4 Å². The predicted octanol–water partition coefficient (Wildman–Crippen LogP) is 2.79. The van der Waals surface area contributed by atoms with Crippen molar-refractivity contribution in [3.8, 4) is 0 Å². The van der Waals surface area contributed by atoms with Crippen LogP contribution in [0.25, 0.3) is 0 Å². The summed E-state index contributed by atoms with van der Waals surface area (Å²) >= 11 is 0. The number of sulfone groups is 1. The fourth-order valence-corrected chi connectivity index (χ4v) is 6.07. The molecule has 0 fully saturated rings. The molecule has 2 aliphatic rings. The number of amides is 1. The Morgan fingerprint density at radius 3 is 2.58 bits per heavy atom. The van der Waals surface area contributed by atoms with Crippen LogP contribution in [0.2, 0.25) is 0 Å². The van der Waals surface area contributed by atoms with Crippen LogP contribution in [0.15, 0.2) is 52.4 Å². The van der Waals surface area contributed by atoms with Gasteiger partial charge in [-0.05, 0) is 50.6 Å². The molecule has 3 N–H and O–H groups in total. The van der Waals surface area contributed by atoms with Crippen LogP contribution < -0.4 is 11.1 Å². The van der Waals surface area contributed by atoms with Gasteiger partial charge in [0.25, 0.3) is 0 Å². The van der Waals surface area contributed by atoms with E-state index in [1.807, 2.05) is 0 Å². The van der Waals surface area contributed by atoms with Gasteiger partial charge in [0.15, 0.2) is 15.8 Å². The van der Waals surface area contributed by atoms with Crippen molar-refractivity contribution in [2.45, 2.75) is 37.2 Å². The first-order valence-electron chi connectivity index (χ1n) is 9.90. The zero-order valence-electron chi connectivity index (χ0n) is 17.8. The second-order valence-corrected chi connectivity index (χ2v) is 10.7. The summed E-state index contributed by atoms with van der Waals surface area (Å²) in [6.45, 7) is 5.10. The maximum atomic E-state index is 15.0. The number of carbonyl (C=O) groups excluding carboxylic acids is 1. The van der Waals surface area contributed by atoms with Crippen LogP contribution in [0.4, 0.5) is 10.1 Å². The van der Waals surface area contributed by atoms with Gasteiger partial charge in [0.1, 0.15) is 11.4 Å². The van der Waals surface area contributed by atoms with E-state index < -0.39 is 32.7 Å². The topological polar surface area (TPSA) is 105 Å². The number of halogens is 1. The highest BCUT2D eigenvalue weighted by Gasteiger charge is 2.53. The molecule has 2 heterocycles. The number of rotatable bonds is 3. The van der Waals surface area contributed by atoms with Crippen LogP contribution in [0, 0.1) is 11.2 Å². The molecule has 9 heteroatoms. The fraction of sp³-hybridized carbons (Fsp3) is 0.364. The molecule has 0 saturated carbocycles. The summed E-state index contributed by atoms with van der Waals surface area (Å²) < 4.78 is 40.0. The Kier molecular flexibility index (Phi) is 4.66. The average Bonchev–Trinajstić information content (AvgIpc) is 2.97. The third-order valence-electron chi connectivity index (χ3n) is 6.59. The van der Waals surface area contributed by atoms with Gasteiger partial charge >= 0.3 is 0 Å². The van der Waals surface area contributed by atoms with Gasteiger partial charge in [-0.3, -0.25) is 9.69 Å². The number of anilines is 1. The molecule has 2 aliphatic heterocycles. The Morgan fingerprint density at radius 2 is 1.87 bits per heavy atom. The number of hydrogen-bond donors (Lipinski definition) is 2. The van der Waals surface area contributed by atoms with Crippen LogP contribution in [-0.4, -0.2) is 38.0 Å². The Bertz CT molecular complexity index is 1230. The lowest BCUT2D eigenvalue weighted by atomic mass is 9.67. The lowest BCUT2D eigenvalue weighted by molar-refractivity contribution is -0.140. The number of guanidine groups is 1. The van der Waals surface area contributed by atoms with Gasteiger partial charge in [-0.1, -0.05) is 18.2 Å². The number of aliphatic imine (C=N–C) groups is 1. The predicted molar refractivity (Wildman–Crippen MR) is 117 cm³/mol. The van der Waals surface area contributed by atoms with E-state index in [0.29, 0.717) is 16.1 Å². The molecular weight excluding hydrogens is 419 g/mol. The number of benzene rings is 2. The molecule has 2 aromatic rings. The zero-order valence-corrected chi connectivity index (χ0v) is 18.6. The number of nitrogens with one attached hydrogen (secondary N) is 1. The van der Waals surface area contributed by atoms with Crippen molar-refractivity contribution in [2.75, 3.05) is 18.1 Å². The van der Waals surface area contributed by atoms with E-state index in [1.165, 1.54) is 18.0 Å². The van der Waals surface area contributed by atoms with E-state index in [-0.39, 0.29) is 23.2 Å². The second kappa shape index (κ2) is 6.78. The maximum absolute atomic E-state index is 15.0. The highest BCUT2D eigenvalue weighted by atomic mass is 32.2. The number of nitrogens with zero attached hydrogens (tertiary/aromatic N) is 2. The summed E-state index contributed by atoms with van der Waals surface area (Å²) in [5.74, 6) is -0.859. The highest BCUT2D eigenvalue weighted by Crippen LogP contribution is 2.48. The Morgan fingerprint density at radius 1 is 1.19 bits per heavy atom. The van der Waals surface area contributed by atoms with Crippen molar-refractivity contribution in [3.05, 3.63) is 59.4 Å². The SMILES string of the molecule is CN1C(=O)C(C)(C)[C@@](C)(c2cc(NC3CS(=O)(=O)c4ccccc43)ccc2F)N=C1N. The summed E-state index contributed by atoms with van der Waals surface area (Å²) in [5, 5.41) is 3.21. The summed E-state index contributed by atoms with van der Waals surface area (Å²) in [7, 11) is -1.85. The van der Waals surface area contributed by atoms with E-state index in [2.05, 4.69) is 10.3 Å². The molecule has 2 atom stereocenters. The standard InChI is InChI=1S/C22H25FN4O3S/c1-21(2)19(28)27(4)20(24)26-22(21,3)15-11-13(9-10-16(15)23)25-17-12-31(29,30)18-8-6-5-7-14(17)18/h5-11,17,25H,12H2,1-4H3,(H2,24,26)/t17?,22-/m1/s1. The average molecular weight is 445 g/mol. The molecule has 2 aromatic carbocycles. The maximum Gasteiger partial charge on any atom is 0.237 e. The number of carbonyl (C=O) groups is 1. The molecule has 0 bridgehead atoms. The van der Waals surface area contributed by atoms with Crippen molar-refractivity contribution in [3.63, 3.8) is 0 Å². The molecule has 164 valence electrons. The molecule has 0 aliphatic carbocycles. The van der Waals surface area contributed by atoms with E-state index in [1.54, 1.807) is 57.2 Å². The Hall–Kier alpha value is -2.94. The van der Waals surface area contributed by atoms with Crippen LogP contribution in [0.3, 0.4) is 0 Å². The molecule has 1 amide bonds. The summed E-state index contributed by atoms with van der Waals surface area (Å²) in [6.07, 6.45) is 0. The van der Waals surface area contributed by atoms with Crippen LogP contribution in [-0.2, 0) is 20.2 Å². The van der Waals surface area contributed by atoms with E-state index in [4.69, 9.17) is 5.73 Å². The first kappa shape index (κ1) is 21.3.